The van der Waals surface area contributed by atoms with Crippen molar-refractivity contribution < 1.29 is 35.7 Å². The number of nitrogens with zero attached hydrogens (tertiary/aromatic N) is 1. The van der Waals surface area contributed by atoms with Crippen molar-refractivity contribution in [2.45, 2.75) is 31.3 Å². The second-order valence-corrected chi connectivity index (χ2v) is 6.32. The Balaban J connectivity index is 2.48. The van der Waals surface area contributed by atoms with Crippen LogP contribution in [0.25, 0.3) is 0 Å². The van der Waals surface area contributed by atoms with Crippen LogP contribution < -0.4 is 9.08 Å². The van der Waals surface area contributed by atoms with E-state index in [2.05, 4.69) is 4.18 Å². The molecular weight excluding hydrogens is 327 g/mol. The first-order valence-corrected chi connectivity index (χ1v) is 7.60. The van der Waals surface area contributed by atoms with E-state index in [9.17, 15) is 31.5 Å². The predicted octanol–water partition coefficient (Wildman–Crippen LogP) is 2.73. The average molecular weight is 339 g/mol. The summed E-state index contributed by atoms with van der Waals surface area (Å²) in [5.41, 5.74) is -5.30. The van der Waals surface area contributed by atoms with Gasteiger partial charge in [-0.05, 0) is 31.9 Å². The molecule has 6 nitrogen and oxygen atoms in total. The zero-order valence-electron chi connectivity index (χ0n) is 11.3. The maximum absolute atomic E-state index is 12.4. The van der Waals surface area contributed by atoms with Crippen LogP contribution >= 0.6 is 0 Å². The van der Waals surface area contributed by atoms with Crippen LogP contribution in [0.2, 0.25) is 0 Å². The highest BCUT2D eigenvalue weighted by Gasteiger charge is 2.49. The first-order chi connectivity index (χ1) is 10.0. The first-order valence-electron chi connectivity index (χ1n) is 6.19. The molecule has 0 aromatic heterocycles. The van der Waals surface area contributed by atoms with Crippen molar-refractivity contribution in [1.82, 2.24) is 0 Å². The third-order valence-corrected chi connectivity index (χ3v) is 4.28. The summed E-state index contributed by atoms with van der Waals surface area (Å²) in [5.74, 6) is -0.507. The molecule has 1 heterocycles. The summed E-state index contributed by atoms with van der Waals surface area (Å²) in [6.07, 6.45) is -0.723. The molecule has 0 aliphatic carbocycles. The van der Waals surface area contributed by atoms with Gasteiger partial charge in [-0.3, -0.25) is 4.90 Å². The van der Waals surface area contributed by atoms with E-state index in [1.807, 2.05) is 0 Å². The molecule has 2 rings (SSSR count). The topological polar surface area (TPSA) is 83.9 Å². The fraction of sp³-hybridized carbons (Fsp3) is 0.417. The van der Waals surface area contributed by atoms with Gasteiger partial charge in [0.2, 0.25) is 0 Å². The number of carboxylic acid groups (broad SMARTS) is 1. The standard InChI is InChI=1S/C12H12F3NO5S/c1-7-5-6-8-9(16(7)11(17)18)3-2-4-10(8)21-22(19,20)12(13,14)15/h2-4,7H,5-6H2,1H3,(H,17,18). The quantitative estimate of drug-likeness (QED) is 0.662. The molecule has 1 aliphatic heterocycles. The molecule has 1 aliphatic rings. The highest BCUT2D eigenvalue weighted by atomic mass is 32.2. The fourth-order valence-electron chi connectivity index (χ4n) is 2.29. The lowest BCUT2D eigenvalue weighted by Crippen LogP contribution is -2.41. The number of amides is 1. The molecule has 1 atom stereocenters. The molecule has 0 spiro atoms. The van der Waals surface area contributed by atoms with Gasteiger partial charge in [0.25, 0.3) is 0 Å². The van der Waals surface area contributed by atoms with Crippen molar-refractivity contribution in [2.75, 3.05) is 4.90 Å². The molecule has 0 radical (unpaired) electrons. The molecule has 0 fully saturated rings. The minimum absolute atomic E-state index is 0.121. The third kappa shape index (κ3) is 2.82. The van der Waals surface area contributed by atoms with Gasteiger partial charge in [0.05, 0.1) is 5.69 Å². The van der Waals surface area contributed by atoms with E-state index in [0.717, 1.165) is 11.0 Å². The van der Waals surface area contributed by atoms with E-state index < -0.39 is 27.5 Å². The van der Waals surface area contributed by atoms with Gasteiger partial charge in [0.1, 0.15) is 5.75 Å². The predicted molar refractivity (Wildman–Crippen MR) is 70.3 cm³/mol. The molecule has 1 aromatic carbocycles. The van der Waals surface area contributed by atoms with E-state index in [1.54, 1.807) is 6.92 Å². The van der Waals surface area contributed by atoms with E-state index in [1.165, 1.54) is 12.1 Å². The van der Waals surface area contributed by atoms with Gasteiger partial charge < -0.3 is 9.29 Å². The normalized spacial score (nSPS) is 18.7. The number of anilines is 1. The third-order valence-electron chi connectivity index (χ3n) is 3.31. The maximum atomic E-state index is 12.4. The molecule has 22 heavy (non-hydrogen) atoms. The number of benzene rings is 1. The summed E-state index contributed by atoms with van der Waals surface area (Å²) in [4.78, 5) is 12.2. The van der Waals surface area contributed by atoms with Crippen molar-refractivity contribution in [1.29, 1.82) is 0 Å². The Bertz CT molecular complexity index is 701. The van der Waals surface area contributed by atoms with Crippen LogP contribution in [0, 0.1) is 0 Å². The number of alkyl halides is 3. The number of halogens is 3. The summed E-state index contributed by atoms with van der Waals surface area (Å²) in [6, 6.07) is 3.33. The minimum Gasteiger partial charge on any atom is -0.465 e. The van der Waals surface area contributed by atoms with Gasteiger partial charge >= 0.3 is 21.7 Å². The number of hydrogen-bond acceptors (Lipinski definition) is 4. The summed E-state index contributed by atoms with van der Waals surface area (Å²) in [5, 5.41) is 9.20. The zero-order chi connectivity index (χ0) is 16.7. The lowest BCUT2D eigenvalue weighted by Gasteiger charge is -2.33. The van der Waals surface area contributed by atoms with Gasteiger partial charge in [0, 0.05) is 11.6 Å². The molecule has 0 saturated heterocycles. The second kappa shape index (κ2) is 5.34. The van der Waals surface area contributed by atoms with Gasteiger partial charge in [-0.25, -0.2) is 4.79 Å². The number of rotatable bonds is 2. The van der Waals surface area contributed by atoms with Crippen molar-refractivity contribution in [2.24, 2.45) is 0 Å². The van der Waals surface area contributed by atoms with E-state index in [4.69, 9.17) is 0 Å². The molecular formula is C12H12F3NO5S. The lowest BCUT2D eigenvalue weighted by molar-refractivity contribution is -0.0500. The zero-order valence-corrected chi connectivity index (χ0v) is 12.1. The Morgan fingerprint density at radius 2 is 2.05 bits per heavy atom. The highest BCUT2D eigenvalue weighted by molar-refractivity contribution is 7.88. The highest BCUT2D eigenvalue weighted by Crippen LogP contribution is 2.38. The molecule has 0 bridgehead atoms. The molecule has 1 amide bonds. The van der Waals surface area contributed by atoms with Gasteiger partial charge in [-0.1, -0.05) is 6.07 Å². The van der Waals surface area contributed by atoms with Gasteiger partial charge in [-0.15, -0.1) is 0 Å². The van der Waals surface area contributed by atoms with Crippen LogP contribution in [0.5, 0.6) is 5.75 Å². The van der Waals surface area contributed by atoms with E-state index in [0.29, 0.717) is 6.42 Å². The number of hydrogen-bond donors (Lipinski definition) is 1. The first kappa shape index (κ1) is 16.4. The van der Waals surface area contributed by atoms with Gasteiger partial charge in [0.15, 0.2) is 0 Å². The maximum Gasteiger partial charge on any atom is 0.534 e. The molecule has 1 unspecified atom stereocenters. The second-order valence-electron chi connectivity index (χ2n) is 4.78. The van der Waals surface area contributed by atoms with Crippen LogP contribution in [0.4, 0.5) is 23.7 Å². The van der Waals surface area contributed by atoms with Crippen LogP contribution in [-0.2, 0) is 16.5 Å². The average Bonchev–Trinajstić information content (AvgIpc) is 2.36. The fourth-order valence-corrected chi connectivity index (χ4v) is 2.77. The monoisotopic (exact) mass is 339 g/mol. The summed E-state index contributed by atoms with van der Waals surface area (Å²) >= 11 is 0. The van der Waals surface area contributed by atoms with E-state index in [-0.39, 0.29) is 23.7 Å². The summed E-state index contributed by atoms with van der Waals surface area (Å²) in [7, 11) is -5.80. The number of fused-ring (bicyclic) bond motifs is 1. The molecule has 1 N–H and O–H groups in total. The van der Waals surface area contributed by atoms with E-state index >= 15 is 0 Å². The Labute approximate surface area is 124 Å². The Hall–Kier alpha value is -1.97. The Morgan fingerprint density at radius 1 is 1.41 bits per heavy atom. The number of carbonyl (C=O) groups is 1. The van der Waals surface area contributed by atoms with Crippen molar-refractivity contribution in [3.05, 3.63) is 23.8 Å². The van der Waals surface area contributed by atoms with Crippen LogP contribution in [0.3, 0.4) is 0 Å². The minimum atomic E-state index is -5.80. The van der Waals surface area contributed by atoms with Gasteiger partial charge in [-0.2, -0.15) is 21.6 Å². The summed E-state index contributed by atoms with van der Waals surface area (Å²) in [6.45, 7) is 1.65. The van der Waals surface area contributed by atoms with Crippen LogP contribution in [-0.4, -0.2) is 31.2 Å². The molecule has 0 saturated carbocycles. The Kier molecular flexibility index (Phi) is 3.98. The lowest BCUT2D eigenvalue weighted by atomic mass is 9.96. The molecule has 122 valence electrons. The van der Waals surface area contributed by atoms with Crippen LogP contribution in [0.15, 0.2) is 18.2 Å². The summed E-state index contributed by atoms with van der Waals surface area (Å²) < 4.78 is 63.6. The SMILES string of the molecule is CC1CCc2c(OS(=O)(=O)C(F)(F)F)cccc2N1C(=O)O. The van der Waals surface area contributed by atoms with Crippen molar-refractivity contribution in [3.63, 3.8) is 0 Å². The smallest absolute Gasteiger partial charge is 0.465 e. The van der Waals surface area contributed by atoms with Crippen LogP contribution in [0.1, 0.15) is 18.9 Å². The van der Waals surface area contributed by atoms with Crippen molar-refractivity contribution >= 4 is 21.9 Å². The molecule has 1 aromatic rings. The van der Waals surface area contributed by atoms with Crippen molar-refractivity contribution in [3.8, 4) is 5.75 Å². The Morgan fingerprint density at radius 3 is 2.59 bits per heavy atom. The largest absolute Gasteiger partial charge is 0.534 e. The molecule has 10 heteroatoms.